The summed E-state index contributed by atoms with van der Waals surface area (Å²) in [5.74, 6) is 1.48. The van der Waals surface area contributed by atoms with Gasteiger partial charge < -0.3 is 15.5 Å². The molecule has 0 amide bonds. The Morgan fingerprint density at radius 3 is 2.41 bits per heavy atom. The minimum absolute atomic E-state index is 0. The summed E-state index contributed by atoms with van der Waals surface area (Å²) in [6.45, 7) is 10.2. The van der Waals surface area contributed by atoms with Gasteiger partial charge >= 0.3 is 0 Å². The van der Waals surface area contributed by atoms with Crippen molar-refractivity contribution in [3.63, 3.8) is 0 Å². The summed E-state index contributed by atoms with van der Waals surface area (Å²) in [7, 11) is 6.08. The predicted octanol–water partition coefficient (Wildman–Crippen LogP) is 3.75. The molecule has 1 aromatic heterocycles. The van der Waals surface area contributed by atoms with Crippen molar-refractivity contribution in [1.29, 1.82) is 0 Å². The molecule has 1 atom stereocenters. The molecule has 0 fully saturated rings. The van der Waals surface area contributed by atoms with E-state index in [1.165, 1.54) is 5.56 Å². The number of para-hydroxylation sites is 1. The molecule has 2 aromatic rings. The number of halogens is 1. The van der Waals surface area contributed by atoms with Gasteiger partial charge in [0.25, 0.3) is 0 Å². The smallest absolute Gasteiger partial charge is 0.191 e. The standard InChI is InChI=1S/C22H36N6.HI/c1-16(2)12-20(27(6)7)15-25-22(23-5)24-14-19-10-8-9-11-21(19)28-18(4)13-17(3)26-28;/h8-11,13,16,20H,12,14-15H2,1-7H3,(H2,23,24,25);1H. The summed E-state index contributed by atoms with van der Waals surface area (Å²) >= 11 is 0. The van der Waals surface area contributed by atoms with Crippen LogP contribution in [0.2, 0.25) is 0 Å². The van der Waals surface area contributed by atoms with Crippen LogP contribution in [0, 0.1) is 19.8 Å². The molecular formula is C22H37IN6. The van der Waals surface area contributed by atoms with E-state index in [2.05, 4.69) is 90.8 Å². The molecule has 0 aliphatic carbocycles. The molecule has 6 nitrogen and oxygen atoms in total. The van der Waals surface area contributed by atoms with Gasteiger partial charge in [0.05, 0.1) is 11.4 Å². The zero-order chi connectivity index (χ0) is 20.7. The van der Waals surface area contributed by atoms with Crippen LogP contribution in [0.4, 0.5) is 0 Å². The van der Waals surface area contributed by atoms with E-state index in [1.54, 1.807) is 0 Å². The molecule has 2 N–H and O–H groups in total. The molecule has 162 valence electrons. The topological polar surface area (TPSA) is 57.5 Å². The Morgan fingerprint density at radius 2 is 1.86 bits per heavy atom. The summed E-state index contributed by atoms with van der Waals surface area (Å²) in [6.07, 6.45) is 1.15. The Bertz CT molecular complexity index is 781. The number of aromatic nitrogens is 2. The van der Waals surface area contributed by atoms with Crippen molar-refractivity contribution in [3.05, 3.63) is 47.3 Å². The fraction of sp³-hybridized carbons (Fsp3) is 0.545. The molecule has 1 aromatic carbocycles. The number of hydrogen-bond acceptors (Lipinski definition) is 3. The first-order chi connectivity index (χ1) is 13.3. The third-order valence-electron chi connectivity index (χ3n) is 4.88. The molecule has 0 aliphatic heterocycles. The summed E-state index contributed by atoms with van der Waals surface area (Å²) < 4.78 is 2.01. The number of rotatable bonds is 8. The maximum absolute atomic E-state index is 4.63. The maximum Gasteiger partial charge on any atom is 0.191 e. The van der Waals surface area contributed by atoms with Gasteiger partial charge in [-0.15, -0.1) is 24.0 Å². The molecule has 0 bridgehead atoms. The van der Waals surface area contributed by atoms with Gasteiger partial charge in [-0.1, -0.05) is 32.0 Å². The molecule has 0 radical (unpaired) electrons. The highest BCUT2D eigenvalue weighted by molar-refractivity contribution is 14.0. The number of guanidine groups is 1. The molecular weight excluding hydrogens is 475 g/mol. The van der Waals surface area contributed by atoms with Gasteiger partial charge in [-0.3, -0.25) is 4.99 Å². The quantitative estimate of drug-likeness (QED) is 0.322. The van der Waals surface area contributed by atoms with Gasteiger partial charge in [0.2, 0.25) is 0 Å². The Hall–Kier alpha value is -1.61. The second-order valence-electron chi connectivity index (χ2n) is 8.02. The number of hydrogen-bond donors (Lipinski definition) is 2. The lowest BCUT2D eigenvalue weighted by atomic mass is 10.0. The van der Waals surface area contributed by atoms with E-state index in [4.69, 9.17) is 0 Å². The molecule has 1 heterocycles. The number of aryl methyl sites for hydroxylation is 2. The van der Waals surface area contributed by atoms with Gasteiger partial charge in [0.1, 0.15) is 0 Å². The average molecular weight is 512 g/mol. The summed E-state index contributed by atoms with van der Waals surface area (Å²) in [4.78, 5) is 6.67. The van der Waals surface area contributed by atoms with Crippen molar-refractivity contribution >= 4 is 29.9 Å². The largest absolute Gasteiger partial charge is 0.355 e. The highest BCUT2D eigenvalue weighted by atomic mass is 127. The van der Waals surface area contributed by atoms with Crippen molar-refractivity contribution in [1.82, 2.24) is 25.3 Å². The highest BCUT2D eigenvalue weighted by Gasteiger charge is 2.14. The van der Waals surface area contributed by atoms with Gasteiger partial charge in [-0.25, -0.2) is 4.68 Å². The fourth-order valence-electron chi connectivity index (χ4n) is 3.37. The van der Waals surface area contributed by atoms with Crippen molar-refractivity contribution in [2.24, 2.45) is 10.9 Å². The minimum Gasteiger partial charge on any atom is -0.355 e. The van der Waals surface area contributed by atoms with Crippen LogP contribution in [0.5, 0.6) is 0 Å². The van der Waals surface area contributed by atoms with Crippen molar-refractivity contribution in [2.45, 2.75) is 46.7 Å². The van der Waals surface area contributed by atoms with E-state index in [0.29, 0.717) is 18.5 Å². The fourth-order valence-corrected chi connectivity index (χ4v) is 3.37. The van der Waals surface area contributed by atoms with E-state index in [1.807, 2.05) is 18.7 Å². The number of nitrogens with one attached hydrogen (secondary N) is 2. The number of nitrogens with zero attached hydrogens (tertiary/aromatic N) is 4. The molecule has 2 rings (SSSR count). The summed E-state index contributed by atoms with van der Waals surface area (Å²) in [5.41, 5.74) is 4.44. The molecule has 0 saturated heterocycles. The van der Waals surface area contributed by atoms with E-state index in [-0.39, 0.29) is 24.0 Å². The molecule has 1 unspecified atom stereocenters. The lowest BCUT2D eigenvalue weighted by molar-refractivity contribution is 0.254. The number of likely N-dealkylation sites (N-methyl/N-ethyl adjacent to an activating group) is 1. The molecule has 0 saturated carbocycles. The van der Waals surface area contributed by atoms with Crippen LogP contribution in [-0.2, 0) is 6.54 Å². The van der Waals surface area contributed by atoms with Crippen LogP contribution in [0.1, 0.15) is 37.2 Å². The van der Waals surface area contributed by atoms with Crippen molar-refractivity contribution in [3.8, 4) is 5.69 Å². The van der Waals surface area contributed by atoms with Gasteiger partial charge in [0.15, 0.2) is 5.96 Å². The Kier molecular flexibility index (Phi) is 10.7. The second kappa shape index (κ2) is 12.2. The maximum atomic E-state index is 4.63. The van der Waals surface area contributed by atoms with Crippen molar-refractivity contribution < 1.29 is 0 Å². The third kappa shape index (κ3) is 7.62. The first-order valence-electron chi connectivity index (χ1n) is 10.0. The van der Waals surface area contributed by atoms with E-state index >= 15 is 0 Å². The number of benzene rings is 1. The lowest BCUT2D eigenvalue weighted by Gasteiger charge is -2.27. The Balaban J connectivity index is 0.00000420. The monoisotopic (exact) mass is 512 g/mol. The third-order valence-corrected chi connectivity index (χ3v) is 4.88. The van der Waals surface area contributed by atoms with Gasteiger partial charge in [0, 0.05) is 31.9 Å². The minimum atomic E-state index is 0. The van der Waals surface area contributed by atoms with Crippen LogP contribution in [0.3, 0.4) is 0 Å². The lowest BCUT2D eigenvalue weighted by Crippen LogP contribution is -2.45. The predicted molar refractivity (Wildman–Crippen MR) is 134 cm³/mol. The zero-order valence-corrected chi connectivity index (χ0v) is 21.2. The number of aliphatic imine (C=N–C) groups is 1. The summed E-state index contributed by atoms with van der Waals surface area (Å²) in [6, 6.07) is 10.9. The Morgan fingerprint density at radius 1 is 1.17 bits per heavy atom. The van der Waals surface area contributed by atoms with E-state index in [0.717, 1.165) is 36.0 Å². The molecule has 7 heteroatoms. The molecule has 29 heavy (non-hydrogen) atoms. The molecule has 0 spiro atoms. The SMILES string of the molecule is CN=C(NCc1ccccc1-n1nc(C)cc1C)NCC(CC(C)C)N(C)C.I. The normalized spacial score (nSPS) is 12.8. The highest BCUT2D eigenvalue weighted by Crippen LogP contribution is 2.17. The first kappa shape index (κ1) is 25.4. The average Bonchev–Trinajstić information content (AvgIpc) is 2.98. The van der Waals surface area contributed by atoms with Gasteiger partial charge in [-0.05, 0) is 58.0 Å². The second-order valence-corrected chi connectivity index (χ2v) is 8.02. The first-order valence-corrected chi connectivity index (χ1v) is 10.0. The van der Waals surface area contributed by atoms with Crippen LogP contribution >= 0.6 is 24.0 Å². The van der Waals surface area contributed by atoms with Crippen LogP contribution < -0.4 is 10.6 Å². The van der Waals surface area contributed by atoms with Crippen LogP contribution in [0.15, 0.2) is 35.3 Å². The van der Waals surface area contributed by atoms with Crippen molar-refractivity contribution in [2.75, 3.05) is 27.7 Å². The summed E-state index contributed by atoms with van der Waals surface area (Å²) in [5, 5.41) is 11.6. The van der Waals surface area contributed by atoms with Gasteiger partial charge in [-0.2, -0.15) is 5.10 Å². The van der Waals surface area contributed by atoms with E-state index < -0.39 is 0 Å². The van der Waals surface area contributed by atoms with Crippen LogP contribution in [-0.4, -0.2) is 54.4 Å². The molecule has 0 aliphatic rings. The zero-order valence-electron chi connectivity index (χ0n) is 18.9. The van der Waals surface area contributed by atoms with E-state index in [9.17, 15) is 0 Å². The Labute approximate surface area is 193 Å². The van der Waals surface area contributed by atoms with Crippen LogP contribution in [0.25, 0.3) is 5.69 Å².